The molecule has 3 nitrogen and oxygen atoms in total. The number of hydrogen-bond acceptors (Lipinski definition) is 2. The normalized spacial score (nSPS) is 21.5. The van der Waals surface area contributed by atoms with Gasteiger partial charge in [0.15, 0.2) is 0 Å². The third kappa shape index (κ3) is 2.95. The highest BCUT2D eigenvalue weighted by Crippen LogP contribution is 2.45. The van der Waals surface area contributed by atoms with E-state index in [1.807, 2.05) is 7.05 Å². The summed E-state index contributed by atoms with van der Waals surface area (Å²) in [6, 6.07) is 8.35. The number of halogens is 1. The van der Waals surface area contributed by atoms with Crippen LogP contribution in [0.2, 0.25) is 0 Å². The molecule has 0 atom stereocenters. The van der Waals surface area contributed by atoms with Crippen LogP contribution in [0.1, 0.15) is 37.7 Å². The Balaban J connectivity index is 1.71. The van der Waals surface area contributed by atoms with Gasteiger partial charge in [-0.25, -0.2) is 0 Å². The van der Waals surface area contributed by atoms with Gasteiger partial charge in [-0.2, -0.15) is 0 Å². The number of carbonyl (C=O) groups excluding carboxylic acids is 1. The summed E-state index contributed by atoms with van der Waals surface area (Å²) in [5.74, 6) is 1.09. The second-order valence-corrected chi connectivity index (χ2v) is 7.65. The smallest absolute Gasteiger partial charge is 0.233 e. The van der Waals surface area contributed by atoms with E-state index in [2.05, 4.69) is 50.4 Å². The molecule has 1 saturated carbocycles. The predicted molar refractivity (Wildman–Crippen MR) is 92.9 cm³/mol. The van der Waals surface area contributed by atoms with Crippen LogP contribution in [0.4, 0.5) is 0 Å². The summed E-state index contributed by atoms with van der Waals surface area (Å²) >= 11 is 3.49. The lowest BCUT2D eigenvalue weighted by Gasteiger charge is -2.45. The zero-order valence-electron chi connectivity index (χ0n) is 13.3. The van der Waals surface area contributed by atoms with Gasteiger partial charge in [0.05, 0.1) is 5.41 Å². The van der Waals surface area contributed by atoms with Gasteiger partial charge < -0.3 is 10.2 Å². The van der Waals surface area contributed by atoms with Gasteiger partial charge in [0.1, 0.15) is 0 Å². The molecule has 1 heterocycles. The Labute approximate surface area is 141 Å². The first-order valence-corrected chi connectivity index (χ1v) is 9.15. The Bertz CT molecular complexity index is 516. The van der Waals surface area contributed by atoms with Crippen LogP contribution in [-0.4, -0.2) is 37.5 Å². The molecule has 0 radical (unpaired) electrons. The largest absolute Gasteiger partial charge is 0.342 e. The van der Waals surface area contributed by atoms with E-state index in [1.54, 1.807) is 0 Å². The molecule has 120 valence electrons. The minimum absolute atomic E-state index is 0.240. The Morgan fingerprint density at radius 2 is 1.91 bits per heavy atom. The van der Waals surface area contributed by atoms with Crippen molar-refractivity contribution < 1.29 is 4.79 Å². The summed E-state index contributed by atoms with van der Waals surface area (Å²) in [5.41, 5.74) is 0.959. The summed E-state index contributed by atoms with van der Waals surface area (Å²) < 4.78 is 1.08. The number of nitrogens with zero attached hydrogens (tertiary/aromatic N) is 1. The van der Waals surface area contributed by atoms with E-state index in [-0.39, 0.29) is 5.41 Å². The minimum atomic E-state index is -0.240. The van der Waals surface area contributed by atoms with Gasteiger partial charge in [0.25, 0.3) is 0 Å². The standard InChI is InChI=1S/C18H25BrN2O/c1-20-13-14-7-11-21(12-8-14)17(22)18(9-2-10-18)15-3-5-16(19)6-4-15/h3-6,14,20H,2,7-13H2,1H3. The summed E-state index contributed by atoms with van der Waals surface area (Å²) in [6.45, 7) is 2.91. The van der Waals surface area contributed by atoms with Gasteiger partial charge in [0.2, 0.25) is 5.91 Å². The Morgan fingerprint density at radius 1 is 1.27 bits per heavy atom. The molecule has 0 aromatic heterocycles. The summed E-state index contributed by atoms with van der Waals surface area (Å²) in [7, 11) is 2.01. The van der Waals surface area contributed by atoms with Crippen LogP contribution in [0.3, 0.4) is 0 Å². The number of nitrogens with one attached hydrogen (secondary N) is 1. The summed E-state index contributed by atoms with van der Waals surface area (Å²) in [4.78, 5) is 15.3. The van der Waals surface area contributed by atoms with Crippen molar-refractivity contribution >= 4 is 21.8 Å². The third-order valence-corrected chi connectivity index (χ3v) is 5.94. The Kier molecular flexibility index (Phi) is 4.88. The average Bonchev–Trinajstić information content (AvgIpc) is 2.49. The lowest BCUT2D eigenvalue weighted by atomic mass is 9.63. The number of likely N-dealkylation sites (tertiary alicyclic amines) is 1. The highest BCUT2D eigenvalue weighted by Gasteiger charge is 2.47. The fourth-order valence-corrected chi connectivity index (χ4v) is 4.12. The van der Waals surface area contributed by atoms with Crippen molar-refractivity contribution in [1.29, 1.82) is 0 Å². The molecular weight excluding hydrogens is 340 g/mol. The first-order valence-electron chi connectivity index (χ1n) is 8.36. The topological polar surface area (TPSA) is 32.3 Å². The second kappa shape index (κ2) is 6.71. The number of hydrogen-bond donors (Lipinski definition) is 1. The van der Waals surface area contributed by atoms with Gasteiger partial charge in [-0.1, -0.05) is 34.5 Å². The van der Waals surface area contributed by atoms with Crippen LogP contribution in [-0.2, 0) is 10.2 Å². The van der Waals surface area contributed by atoms with Crippen LogP contribution < -0.4 is 5.32 Å². The van der Waals surface area contributed by atoms with Gasteiger partial charge >= 0.3 is 0 Å². The molecule has 4 heteroatoms. The monoisotopic (exact) mass is 364 g/mol. The molecule has 1 N–H and O–H groups in total. The van der Waals surface area contributed by atoms with Gasteiger partial charge in [-0.05, 0) is 62.9 Å². The van der Waals surface area contributed by atoms with E-state index in [9.17, 15) is 4.79 Å². The average molecular weight is 365 g/mol. The number of carbonyl (C=O) groups is 1. The van der Waals surface area contributed by atoms with Crippen molar-refractivity contribution in [3.05, 3.63) is 34.3 Å². The van der Waals surface area contributed by atoms with E-state index in [1.165, 1.54) is 5.56 Å². The molecule has 2 aliphatic rings. The molecule has 3 rings (SSSR count). The molecular formula is C18H25BrN2O. The molecule has 0 bridgehead atoms. The van der Waals surface area contributed by atoms with Crippen molar-refractivity contribution in [3.8, 4) is 0 Å². The molecule has 0 spiro atoms. The lowest BCUT2D eigenvalue weighted by molar-refractivity contribution is -0.142. The first-order chi connectivity index (χ1) is 10.7. The van der Waals surface area contributed by atoms with E-state index in [0.717, 1.165) is 62.1 Å². The zero-order chi connectivity index (χ0) is 15.6. The van der Waals surface area contributed by atoms with Crippen molar-refractivity contribution in [3.63, 3.8) is 0 Å². The summed E-state index contributed by atoms with van der Waals surface area (Å²) in [5, 5.41) is 3.26. The Hall–Kier alpha value is -0.870. The SMILES string of the molecule is CNCC1CCN(C(=O)C2(c3ccc(Br)cc3)CCC2)CC1. The highest BCUT2D eigenvalue weighted by atomic mass is 79.9. The fraction of sp³-hybridized carbons (Fsp3) is 0.611. The molecule has 1 aliphatic heterocycles. The fourth-order valence-electron chi connectivity index (χ4n) is 3.86. The molecule has 1 amide bonds. The van der Waals surface area contributed by atoms with E-state index >= 15 is 0 Å². The molecule has 1 saturated heterocycles. The minimum Gasteiger partial charge on any atom is -0.342 e. The number of rotatable bonds is 4. The first kappa shape index (κ1) is 16.0. The summed E-state index contributed by atoms with van der Waals surface area (Å²) in [6.07, 6.45) is 5.43. The molecule has 22 heavy (non-hydrogen) atoms. The molecule has 1 aromatic rings. The third-order valence-electron chi connectivity index (χ3n) is 5.41. The zero-order valence-corrected chi connectivity index (χ0v) is 14.9. The van der Waals surface area contributed by atoms with Crippen molar-refractivity contribution in [1.82, 2.24) is 10.2 Å². The quantitative estimate of drug-likeness (QED) is 0.888. The van der Waals surface area contributed by atoms with Crippen molar-refractivity contribution in [2.45, 2.75) is 37.5 Å². The lowest BCUT2D eigenvalue weighted by Crippen LogP contribution is -2.53. The van der Waals surface area contributed by atoms with Crippen molar-refractivity contribution in [2.24, 2.45) is 5.92 Å². The van der Waals surface area contributed by atoms with Crippen LogP contribution in [0.25, 0.3) is 0 Å². The Morgan fingerprint density at radius 3 is 2.41 bits per heavy atom. The maximum Gasteiger partial charge on any atom is 0.233 e. The molecule has 0 unspecified atom stereocenters. The molecule has 1 aromatic carbocycles. The number of piperidine rings is 1. The van der Waals surface area contributed by atoms with Crippen molar-refractivity contribution in [2.75, 3.05) is 26.7 Å². The van der Waals surface area contributed by atoms with E-state index in [0.29, 0.717) is 5.91 Å². The van der Waals surface area contributed by atoms with Crippen LogP contribution >= 0.6 is 15.9 Å². The van der Waals surface area contributed by atoms with Gasteiger partial charge in [-0.15, -0.1) is 0 Å². The predicted octanol–water partition coefficient (Wildman–Crippen LogP) is 3.33. The van der Waals surface area contributed by atoms with Gasteiger partial charge in [0, 0.05) is 17.6 Å². The maximum absolute atomic E-state index is 13.2. The van der Waals surface area contributed by atoms with Crippen LogP contribution in [0.15, 0.2) is 28.7 Å². The van der Waals surface area contributed by atoms with Crippen LogP contribution in [0.5, 0.6) is 0 Å². The highest BCUT2D eigenvalue weighted by molar-refractivity contribution is 9.10. The molecule has 1 aliphatic carbocycles. The number of benzene rings is 1. The molecule has 2 fully saturated rings. The maximum atomic E-state index is 13.2. The van der Waals surface area contributed by atoms with E-state index < -0.39 is 0 Å². The van der Waals surface area contributed by atoms with Gasteiger partial charge in [-0.3, -0.25) is 4.79 Å². The van der Waals surface area contributed by atoms with Crippen LogP contribution in [0, 0.1) is 5.92 Å². The number of amides is 1. The van der Waals surface area contributed by atoms with E-state index in [4.69, 9.17) is 0 Å². The second-order valence-electron chi connectivity index (χ2n) is 6.74.